The maximum Gasteiger partial charge on any atom is 0.223 e. The van der Waals surface area contributed by atoms with Gasteiger partial charge in [-0.2, -0.15) is 0 Å². The van der Waals surface area contributed by atoms with Gasteiger partial charge in [0, 0.05) is 18.3 Å². The second-order valence-corrected chi connectivity index (χ2v) is 3.31. The number of hydrogen-bond donors (Lipinski definition) is 1. The monoisotopic (exact) mass is 187 g/mol. The average Bonchev–Trinajstić information content (AvgIpc) is 1.95. The zero-order chi connectivity index (χ0) is 8.81. The van der Waals surface area contributed by atoms with Crippen molar-refractivity contribution in [2.75, 3.05) is 12.4 Å². The van der Waals surface area contributed by atoms with E-state index in [4.69, 9.17) is 11.6 Å². The van der Waals surface area contributed by atoms with Crippen molar-refractivity contribution in [1.29, 1.82) is 0 Å². The Morgan fingerprint density at radius 3 is 2.75 bits per heavy atom. The predicted octanol–water partition coefficient (Wildman–Crippen LogP) is 1.70. The van der Waals surface area contributed by atoms with Crippen molar-refractivity contribution < 1.29 is 4.79 Å². The van der Waals surface area contributed by atoms with Crippen LogP contribution in [0.4, 0.5) is 0 Å². The molecule has 0 atom stereocenters. The number of nitrogens with one attached hydrogen (secondary N) is 1. The van der Waals surface area contributed by atoms with Crippen LogP contribution in [0.5, 0.6) is 0 Å². The van der Waals surface area contributed by atoms with E-state index in [2.05, 4.69) is 5.32 Å². The van der Waals surface area contributed by atoms with Crippen LogP contribution in [0.25, 0.3) is 0 Å². The first-order valence-corrected chi connectivity index (χ1v) is 4.86. The summed E-state index contributed by atoms with van der Waals surface area (Å²) in [6.45, 7) is 0.613. The van der Waals surface area contributed by atoms with Crippen molar-refractivity contribution in [3.8, 4) is 0 Å². The third kappa shape index (κ3) is 2.86. The molecule has 0 aromatic heterocycles. The van der Waals surface area contributed by atoms with Crippen LogP contribution in [-0.2, 0) is 4.79 Å². The van der Waals surface area contributed by atoms with E-state index in [1.807, 2.05) is 12.2 Å². The lowest BCUT2D eigenvalue weighted by Crippen LogP contribution is -2.34. The molecule has 0 aliphatic heterocycles. The Labute approximate surface area is 78.0 Å². The summed E-state index contributed by atoms with van der Waals surface area (Å²) >= 11 is 5.42. The molecule has 1 fully saturated rings. The molecule has 1 aliphatic carbocycles. The number of allylic oxidation sites excluding steroid dienone is 1. The van der Waals surface area contributed by atoms with Gasteiger partial charge in [-0.1, -0.05) is 18.6 Å². The zero-order valence-electron chi connectivity index (χ0n) is 7.05. The minimum Gasteiger partial charge on any atom is -0.352 e. The summed E-state index contributed by atoms with van der Waals surface area (Å²) in [5.74, 6) is 0.995. The Bertz CT molecular complexity index is 175. The van der Waals surface area contributed by atoms with Crippen molar-refractivity contribution in [3.05, 3.63) is 12.2 Å². The summed E-state index contributed by atoms with van der Waals surface area (Å²) in [6.07, 6.45) is 7.04. The van der Waals surface area contributed by atoms with E-state index in [-0.39, 0.29) is 11.8 Å². The third-order valence-corrected chi connectivity index (χ3v) is 2.30. The molecule has 12 heavy (non-hydrogen) atoms. The van der Waals surface area contributed by atoms with Gasteiger partial charge in [-0.25, -0.2) is 0 Å². The van der Waals surface area contributed by atoms with E-state index in [0.717, 1.165) is 12.8 Å². The predicted molar refractivity (Wildman–Crippen MR) is 50.2 cm³/mol. The summed E-state index contributed by atoms with van der Waals surface area (Å²) < 4.78 is 0. The van der Waals surface area contributed by atoms with Crippen molar-refractivity contribution in [3.63, 3.8) is 0 Å². The highest BCUT2D eigenvalue weighted by Crippen LogP contribution is 2.25. The molecule has 0 unspecified atom stereocenters. The molecule has 1 N–H and O–H groups in total. The van der Waals surface area contributed by atoms with Crippen LogP contribution in [0.15, 0.2) is 12.2 Å². The van der Waals surface area contributed by atoms with Crippen LogP contribution in [0.2, 0.25) is 0 Å². The zero-order valence-corrected chi connectivity index (χ0v) is 7.81. The molecule has 0 aromatic carbocycles. The first-order valence-electron chi connectivity index (χ1n) is 4.33. The lowest BCUT2D eigenvalue weighted by atomic mass is 9.85. The average molecular weight is 188 g/mol. The van der Waals surface area contributed by atoms with Crippen LogP contribution in [-0.4, -0.2) is 18.3 Å². The number of halogens is 1. The Hall–Kier alpha value is -0.500. The molecule has 0 saturated heterocycles. The van der Waals surface area contributed by atoms with Gasteiger partial charge in [-0.05, 0) is 12.8 Å². The fraction of sp³-hybridized carbons (Fsp3) is 0.667. The van der Waals surface area contributed by atoms with Gasteiger partial charge in [0.05, 0.1) is 0 Å². The van der Waals surface area contributed by atoms with Crippen LogP contribution in [0.3, 0.4) is 0 Å². The molecule has 0 bridgehead atoms. The topological polar surface area (TPSA) is 29.1 Å². The van der Waals surface area contributed by atoms with Gasteiger partial charge in [-0.15, -0.1) is 11.6 Å². The van der Waals surface area contributed by atoms with Gasteiger partial charge >= 0.3 is 0 Å². The van der Waals surface area contributed by atoms with E-state index >= 15 is 0 Å². The smallest absolute Gasteiger partial charge is 0.223 e. The fourth-order valence-electron chi connectivity index (χ4n) is 1.12. The van der Waals surface area contributed by atoms with Gasteiger partial charge in [0.2, 0.25) is 5.91 Å². The number of amides is 1. The van der Waals surface area contributed by atoms with Gasteiger partial charge in [0.25, 0.3) is 0 Å². The largest absolute Gasteiger partial charge is 0.352 e. The molecular weight excluding hydrogens is 174 g/mol. The Morgan fingerprint density at radius 1 is 1.50 bits per heavy atom. The first kappa shape index (κ1) is 9.59. The van der Waals surface area contributed by atoms with E-state index in [0.29, 0.717) is 12.4 Å². The number of hydrogen-bond acceptors (Lipinski definition) is 1. The van der Waals surface area contributed by atoms with Crippen LogP contribution >= 0.6 is 11.6 Å². The Kier molecular flexibility index (Phi) is 4.15. The van der Waals surface area contributed by atoms with Crippen molar-refractivity contribution in [2.24, 2.45) is 5.92 Å². The number of carbonyl (C=O) groups excluding carboxylic acids is 1. The van der Waals surface area contributed by atoms with Crippen molar-refractivity contribution >= 4 is 17.5 Å². The lowest BCUT2D eigenvalue weighted by Gasteiger charge is -2.23. The number of alkyl halides is 1. The quantitative estimate of drug-likeness (QED) is 0.527. The van der Waals surface area contributed by atoms with E-state index in [1.165, 1.54) is 6.42 Å². The third-order valence-electron chi connectivity index (χ3n) is 2.13. The maximum atomic E-state index is 11.2. The summed E-state index contributed by atoms with van der Waals surface area (Å²) in [5, 5.41) is 2.84. The molecule has 1 aliphatic rings. The molecule has 1 saturated carbocycles. The molecular formula is C9H14ClNO. The minimum absolute atomic E-state index is 0.195. The summed E-state index contributed by atoms with van der Waals surface area (Å²) in [4.78, 5) is 11.2. The lowest BCUT2D eigenvalue weighted by molar-refractivity contribution is -0.127. The molecule has 0 aromatic rings. The normalized spacial score (nSPS) is 17.8. The molecule has 1 amide bonds. The van der Waals surface area contributed by atoms with Crippen molar-refractivity contribution in [1.82, 2.24) is 5.32 Å². The van der Waals surface area contributed by atoms with E-state index in [9.17, 15) is 4.79 Å². The Morgan fingerprint density at radius 2 is 2.25 bits per heavy atom. The van der Waals surface area contributed by atoms with Gasteiger partial charge < -0.3 is 5.32 Å². The second-order valence-electron chi connectivity index (χ2n) is 3.00. The first-order chi connectivity index (χ1) is 5.84. The molecule has 0 radical (unpaired) electrons. The summed E-state index contributed by atoms with van der Waals surface area (Å²) in [6, 6.07) is 0. The highest BCUT2D eigenvalue weighted by molar-refractivity contribution is 6.18. The molecule has 2 nitrogen and oxygen atoms in total. The van der Waals surface area contributed by atoms with E-state index < -0.39 is 0 Å². The molecule has 68 valence electrons. The van der Waals surface area contributed by atoms with Crippen LogP contribution in [0, 0.1) is 5.92 Å². The molecule has 1 rings (SSSR count). The minimum atomic E-state index is 0.195. The summed E-state index contributed by atoms with van der Waals surface area (Å²) in [5.41, 5.74) is 0. The number of carbonyl (C=O) groups is 1. The fourth-order valence-corrected chi connectivity index (χ4v) is 1.25. The van der Waals surface area contributed by atoms with Gasteiger partial charge in [-0.3, -0.25) is 4.79 Å². The SMILES string of the molecule is O=C(NC/C=C/CCl)C1CCC1. The molecule has 3 heteroatoms. The number of rotatable bonds is 4. The maximum absolute atomic E-state index is 11.2. The highest BCUT2D eigenvalue weighted by Gasteiger charge is 2.24. The molecule has 0 heterocycles. The summed E-state index contributed by atoms with van der Waals surface area (Å²) in [7, 11) is 0. The van der Waals surface area contributed by atoms with Crippen LogP contribution < -0.4 is 5.32 Å². The Balaban J connectivity index is 2.05. The van der Waals surface area contributed by atoms with Crippen LogP contribution in [0.1, 0.15) is 19.3 Å². The second kappa shape index (κ2) is 5.20. The highest BCUT2D eigenvalue weighted by atomic mass is 35.5. The molecule has 0 spiro atoms. The van der Waals surface area contributed by atoms with Crippen molar-refractivity contribution in [2.45, 2.75) is 19.3 Å². The van der Waals surface area contributed by atoms with E-state index in [1.54, 1.807) is 0 Å². The van der Waals surface area contributed by atoms with Gasteiger partial charge in [0.15, 0.2) is 0 Å². The standard InChI is InChI=1S/C9H14ClNO/c10-6-1-2-7-11-9(12)8-4-3-5-8/h1-2,8H,3-7H2,(H,11,12)/b2-1+. The van der Waals surface area contributed by atoms with Gasteiger partial charge in [0.1, 0.15) is 0 Å².